The van der Waals surface area contributed by atoms with E-state index in [4.69, 9.17) is 4.42 Å². The van der Waals surface area contributed by atoms with E-state index in [9.17, 15) is 10.1 Å². The monoisotopic (exact) mass is 315 g/mol. The van der Waals surface area contributed by atoms with Crippen LogP contribution in [0.1, 0.15) is 11.1 Å². The molecule has 1 N–H and O–H groups in total. The van der Waals surface area contributed by atoms with Gasteiger partial charge in [0.15, 0.2) is 11.2 Å². The number of aromatic nitrogens is 3. The maximum Gasteiger partial charge on any atom is 0.269 e. The Morgan fingerprint density at radius 2 is 2.09 bits per heavy atom. The zero-order valence-electron chi connectivity index (χ0n) is 11.0. The summed E-state index contributed by atoms with van der Waals surface area (Å²) in [6, 6.07) is 9.92. The third-order valence-electron chi connectivity index (χ3n) is 3.24. The molecule has 1 aliphatic heterocycles. The predicted molar refractivity (Wildman–Crippen MR) is 78.8 cm³/mol. The molecule has 0 spiro atoms. The molecule has 0 saturated heterocycles. The van der Waals surface area contributed by atoms with Crippen LogP contribution in [0.15, 0.2) is 52.2 Å². The van der Waals surface area contributed by atoms with Crippen LogP contribution in [0.5, 0.6) is 0 Å². The fourth-order valence-corrected chi connectivity index (χ4v) is 3.14. The van der Waals surface area contributed by atoms with Crippen molar-refractivity contribution in [2.45, 2.75) is 10.5 Å². The van der Waals surface area contributed by atoms with Crippen LogP contribution in [-0.4, -0.2) is 19.8 Å². The molecular weight excluding hydrogens is 306 g/mol. The largest absolute Gasteiger partial charge is 0.466 e. The first-order valence-electron chi connectivity index (χ1n) is 6.39. The Balaban J connectivity index is 1.65. The maximum atomic E-state index is 10.7. The summed E-state index contributed by atoms with van der Waals surface area (Å²) >= 11 is 1.49. The van der Waals surface area contributed by atoms with Crippen molar-refractivity contribution < 1.29 is 9.34 Å². The lowest BCUT2D eigenvalue weighted by atomic mass is 10.2. The van der Waals surface area contributed by atoms with Gasteiger partial charge in [-0.25, -0.2) is 4.68 Å². The average Bonchev–Trinajstić information content (AvgIpc) is 3.23. The molecule has 8 nitrogen and oxygen atoms in total. The first kappa shape index (κ1) is 12.9. The fourth-order valence-electron chi connectivity index (χ4n) is 2.19. The number of nitro groups is 1. The van der Waals surface area contributed by atoms with Crippen LogP contribution in [0.25, 0.3) is 11.4 Å². The highest BCUT2D eigenvalue weighted by Crippen LogP contribution is 2.40. The van der Waals surface area contributed by atoms with Crippen molar-refractivity contribution >= 4 is 17.4 Å². The normalized spacial score (nSPS) is 16.3. The van der Waals surface area contributed by atoms with Gasteiger partial charge in [0.25, 0.3) is 5.69 Å². The Kier molecular flexibility index (Phi) is 2.86. The summed E-state index contributed by atoms with van der Waals surface area (Å²) in [5.74, 6) is 1.40. The number of hydrogen-bond acceptors (Lipinski definition) is 7. The molecule has 110 valence electrons. The summed E-state index contributed by atoms with van der Waals surface area (Å²) in [6.45, 7) is 0. The van der Waals surface area contributed by atoms with Gasteiger partial charge in [0.2, 0.25) is 5.16 Å². The number of non-ortho nitro benzene ring substituents is 1. The molecule has 1 atom stereocenters. The quantitative estimate of drug-likeness (QED) is 0.586. The molecule has 0 radical (unpaired) electrons. The topological polar surface area (TPSA) is 99.0 Å². The van der Waals surface area contributed by atoms with E-state index in [-0.39, 0.29) is 11.1 Å². The Morgan fingerprint density at radius 1 is 1.27 bits per heavy atom. The summed E-state index contributed by atoms with van der Waals surface area (Å²) in [4.78, 5) is 10.3. The molecule has 0 bridgehead atoms. The number of hydrogen-bond donors (Lipinski definition) is 1. The zero-order chi connectivity index (χ0) is 15.1. The van der Waals surface area contributed by atoms with E-state index >= 15 is 0 Å². The second-order valence-corrected chi connectivity index (χ2v) is 5.66. The zero-order valence-corrected chi connectivity index (χ0v) is 11.9. The third-order valence-corrected chi connectivity index (χ3v) is 4.29. The predicted octanol–water partition coefficient (Wildman–Crippen LogP) is 2.79. The SMILES string of the molecule is O=[N+]([O-])c1ccc(-c2nnc3n2N[C@@H](c2ccco2)S3)cc1. The Morgan fingerprint density at radius 3 is 2.77 bits per heavy atom. The van der Waals surface area contributed by atoms with Crippen LogP contribution in [0.4, 0.5) is 5.69 Å². The smallest absolute Gasteiger partial charge is 0.269 e. The van der Waals surface area contributed by atoms with Crippen molar-refractivity contribution in [3.63, 3.8) is 0 Å². The highest BCUT2D eigenvalue weighted by atomic mass is 32.2. The first-order valence-corrected chi connectivity index (χ1v) is 7.27. The molecule has 0 fully saturated rings. The van der Waals surface area contributed by atoms with Crippen molar-refractivity contribution in [1.29, 1.82) is 0 Å². The van der Waals surface area contributed by atoms with Crippen molar-refractivity contribution in [1.82, 2.24) is 14.9 Å². The molecule has 1 aliphatic rings. The minimum Gasteiger partial charge on any atom is -0.466 e. The van der Waals surface area contributed by atoms with Gasteiger partial charge in [-0.2, -0.15) is 0 Å². The number of thioether (sulfide) groups is 1. The van der Waals surface area contributed by atoms with E-state index < -0.39 is 4.92 Å². The lowest BCUT2D eigenvalue weighted by Crippen LogP contribution is -2.13. The molecule has 0 aliphatic carbocycles. The first-order chi connectivity index (χ1) is 10.7. The van der Waals surface area contributed by atoms with Crippen molar-refractivity contribution in [2.75, 3.05) is 5.43 Å². The number of nitrogens with one attached hydrogen (secondary N) is 1. The molecule has 1 aromatic carbocycles. The summed E-state index contributed by atoms with van der Waals surface area (Å²) in [6.07, 6.45) is 1.62. The van der Waals surface area contributed by atoms with Crippen molar-refractivity contribution in [3.8, 4) is 11.4 Å². The molecule has 3 heterocycles. The van der Waals surface area contributed by atoms with Crippen LogP contribution >= 0.6 is 11.8 Å². The Labute approximate surface area is 128 Å². The van der Waals surface area contributed by atoms with Gasteiger partial charge in [0, 0.05) is 17.7 Å². The van der Waals surface area contributed by atoms with Gasteiger partial charge in [-0.3, -0.25) is 10.1 Å². The lowest BCUT2D eigenvalue weighted by molar-refractivity contribution is -0.384. The van der Waals surface area contributed by atoms with Gasteiger partial charge < -0.3 is 9.84 Å². The number of benzene rings is 1. The number of fused-ring (bicyclic) bond motifs is 1. The number of nitrogens with zero attached hydrogens (tertiary/aromatic N) is 4. The molecular formula is C13H9N5O3S. The van der Waals surface area contributed by atoms with E-state index in [1.54, 1.807) is 23.1 Å². The second kappa shape index (κ2) is 4.88. The number of nitro benzene ring substituents is 1. The molecule has 0 unspecified atom stereocenters. The van der Waals surface area contributed by atoms with Crippen LogP contribution in [0.3, 0.4) is 0 Å². The average molecular weight is 315 g/mol. The third kappa shape index (κ3) is 2.02. The van der Waals surface area contributed by atoms with E-state index in [0.29, 0.717) is 5.82 Å². The van der Waals surface area contributed by atoms with Crippen LogP contribution < -0.4 is 5.43 Å². The van der Waals surface area contributed by atoms with E-state index in [0.717, 1.165) is 16.5 Å². The molecule has 4 rings (SSSR count). The fraction of sp³-hybridized carbons (Fsp3) is 0.0769. The molecule has 0 saturated carbocycles. The van der Waals surface area contributed by atoms with Crippen molar-refractivity contribution in [2.24, 2.45) is 0 Å². The minimum absolute atomic E-state index is 0.0423. The Hall–Kier alpha value is -2.81. The maximum absolute atomic E-state index is 10.7. The summed E-state index contributed by atoms with van der Waals surface area (Å²) < 4.78 is 7.15. The van der Waals surface area contributed by atoms with Gasteiger partial charge in [-0.05, 0) is 36.0 Å². The second-order valence-electron chi connectivity index (χ2n) is 4.59. The highest BCUT2D eigenvalue weighted by molar-refractivity contribution is 7.99. The van der Waals surface area contributed by atoms with Gasteiger partial charge in [0.1, 0.15) is 5.76 Å². The molecule has 0 amide bonds. The Bertz CT molecular complexity index is 828. The summed E-state index contributed by atoms with van der Waals surface area (Å²) in [5, 5.41) is 19.6. The summed E-state index contributed by atoms with van der Waals surface area (Å²) in [7, 11) is 0. The number of rotatable bonds is 3. The van der Waals surface area contributed by atoms with Gasteiger partial charge >= 0.3 is 0 Å². The number of furan rings is 1. The summed E-state index contributed by atoms with van der Waals surface area (Å²) in [5.41, 5.74) is 4.04. The van der Waals surface area contributed by atoms with E-state index in [1.807, 2.05) is 12.1 Å². The molecule has 3 aromatic rings. The highest BCUT2D eigenvalue weighted by Gasteiger charge is 2.29. The van der Waals surface area contributed by atoms with E-state index in [2.05, 4.69) is 15.6 Å². The standard InChI is InChI=1S/C13H9N5O3S/c19-18(20)9-5-3-8(4-6-9)11-14-15-13-17(11)16-12(22-13)10-2-1-7-21-10/h1-7,12,16H/t12-/m1/s1. The minimum atomic E-state index is -0.431. The lowest BCUT2D eigenvalue weighted by Gasteiger charge is -2.09. The van der Waals surface area contributed by atoms with Gasteiger partial charge in [-0.15, -0.1) is 10.2 Å². The van der Waals surface area contributed by atoms with Crippen LogP contribution in [0, 0.1) is 10.1 Å². The van der Waals surface area contributed by atoms with Gasteiger partial charge in [-0.1, -0.05) is 0 Å². The molecule has 9 heteroatoms. The van der Waals surface area contributed by atoms with Crippen LogP contribution in [0.2, 0.25) is 0 Å². The van der Waals surface area contributed by atoms with Gasteiger partial charge in [0.05, 0.1) is 11.2 Å². The molecule has 22 heavy (non-hydrogen) atoms. The van der Waals surface area contributed by atoms with Crippen molar-refractivity contribution in [3.05, 3.63) is 58.5 Å². The van der Waals surface area contributed by atoms with E-state index in [1.165, 1.54) is 23.9 Å². The van der Waals surface area contributed by atoms with Crippen LogP contribution in [-0.2, 0) is 0 Å². The molecule has 2 aromatic heterocycles.